The molecule has 0 bridgehead atoms. The lowest BCUT2D eigenvalue weighted by atomic mass is 10.0. The number of halogens is 1. The molecule has 0 spiro atoms. The van der Waals surface area contributed by atoms with Gasteiger partial charge in [0, 0.05) is 54.4 Å². The number of nitrogens with zero attached hydrogens (tertiary/aromatic N) is 4. The van der Waals surface area contributed by atoms with Gasteiger partial charge in [-0.05, 0) is 39.3 Å². The number of rotatable bonds is 5. The molecular formula is C24H29ClN4O4. The van der Waals surface area contributed by atoms with Crippen LogP contribution in [0.4, 0.5) is 10.5 Å². The number of amides is 1. The second kappa shape index (κ2) is 8.67. The zero-order valence-electron chi connectivity index (χ0n) is 19.5. The molecule has 8 nitrogen and oxygen atoms in total. The van der Waals surface area contributed by atoms with E-state index in [1.165, 1.54) is 0 Å². The standard InChI is InChI=1S/C24H29ClN4O4/c1-24(2,3)29(23(30)31)16-7-8-27(13-16)15-6-9-28-14-19(26-22(28)10-15)17-11-18(25)21(33-5)12-20(17)32-4/h6,9-12,14,16H,7-8,13H2,1-5H3,(H,30,31). The summed E-state index contributed by atoms with van der Waals surface area (Å²) in [7, 11) is 3.16. The highest BCUT2D eigenvalue weighted by molar-refractivity contribution is 6.32. The smallest absolute Gasteiger partial charge is 0.408 e. The molecule has 1 aliphatic heterocycles. The molecule has 1 amide bonds. The Labute approximate surface area is 198 Å². The van der Waals surface area contributed by atoms with E-state index in [2.05, 4.69) is 4.90 Å². The number of carboxylic acid groups (broad SMARTS) is 1. The van der Waals surface area contributed by atoms with Crippen LogP contribution in [0, 0.1) is 0 Å². The van der Waals surface area contributed by atoms with Crippen LogP contribution in [0.3, 0.4) is 0 Å². The third kappa shape index (κ3) is 4.39. The molecule has 0 saturated carbocycles. The molecule has 1 saturated heterocycles. The first-order valence-corrected chi connectivity index (χ1v) is 11.2. The van der Waals surface area contributed by atoms with E-state index in [0.29, 0.717) is 23.1 Å². The Morgan fingerprint density at radius 3 is 2.58 bits per heavy atom. The largest absolute Gasteiger partial charge is 0.496 e. The predicted octanol–water partition coefficient (Wildman–Crippen LogP) is 5.03. The maximum atomic E-state index is 11.9. The van der Waals surface area contributed by atoms with Gasteiger partial charge in [-0.25, -0.2) is 9.78 Å². The number of anilines is 1. The minimum Gasteiger partial charge on any atom is -0.496 e. The van der Waals surface area contributed by atoms with Crippen LogP contribution in [0.25, 0.3) is 16.9 Å². The quantitative estimate of drug-likeness (QED) is 0.561. The van der Waals surface area contributed by atoms with Gasteiger partial charge in [-0.1, -0.05) is 11.6 Å². The van der Waals surface area contributed by atoms with Gasteiger partial charge >= 0.3 is 6.09 Å². The molecule has 1 unspecified atom stereocenters. The van der Waals surface area contributed by atoms with Crippen LogP contribution < -0.4 is 14.4 Å². The van der Waals surface area contributed by atoms with Crippen molar-refractivity contribution in [1.82, 2.24) is 14.3 Å². The van der Waals surface area contributed by atoms with Crippen molar-refractivity contribution in [1.29, 1.82) is 0 Å². The number of fused-ring (bicyclic) bond motifs is 1. The molecule has 1 fully saturated rings. The Hall–Kier alpha value is -3.13. The maximum absolute atomic E-state index is 11.9. The van der Waals surface area contributed by atoms with Gasteiger partial charge in [0.2, 0.25) is 0 Å². The van der Waals surface area contributed by atoms with Crippen LogP contribution in [0.1, 0.15) is 27.2 Å². The van der Waals surface area contributed by atoms with Crippen molar-refractivity contribution in [2.75, 3.05) is 32.2 Å². The summed E-state index contributed by atoms with van der Waals surface area (Å²) in [4.78, 5) is 20.4. The minimum absolute atomic E-state index is 0.0558. The van der Waals surface area contributed by atoms with Crippen LogP contribution in [-0.4, -0.2) is 64.4 Å². The summed E-state index contributed by atoms with van der Waals surface area (Å²) in [6.07, 6.45) is 3.80. The summed E-state index contributed by atoms with van der Waals surface area (Å²) in [6.45, 7) is 7.23. The van der Waals surface area contributed by atoms with Gasteiger partial charge in [0.15, 0.2) is 0 Å². The lowest BCUT2D eigenvalue weighted by Gasteiger charge is -2.38. The Kier molecular flexibility index (Phi) is 6.05. The van der Waals surface area contributed by atoms with E-state index < -0.39 is 11.6 Å². The average Bonchev–Trinajstić information content (AvgIpc) is 3.38. The molecule has 1 aliphatic rings. The van der Waals surface area contributed by atoms with Gasteiger partial charge in [-0.3, -0.25) is 4.90 Å². The number of methoxy groups -OCH3 is 2. The zero-order chi connectivity index (χ0) is 23.9. The van der Waals surface area contributed by atoms with Gasteiger partial charge in [-0.15, -0.1) is 0 Å². The molecule has 1 aromatic carbocycles. The fraction of sp³-hybridized carbons (Fsp3) is 0.417. The third-order valence-electron chi connectivity index (χ3n) is 6.02. The molecule has 1 N–H and O–H groups in total. The summed E-state index contributed by atoms with van der Waals surface area (Å²) in [5.74, 6) is 1.16. The SMILES string of the molecule is COc1cc(OC)c(-c2cn3ccc(N4CCC(N(C(=O)O)C(C)(C)C)C4)cc3n2)cc1Cl. The maximum Gasteiger partial charge on any atom is 0.408 e. The van der Waals surface area contributed by atoms with E-state index in [1.54, 1.807) is 31.3 Å². The van der Waals surface area contributed by atoms with Crippen LogP contribution in [-0.2, 0) is 0 Å². The number of hydrogen-bond donors (Lipinski definition) is 1. The van der Waals surface area contributed by atoms with Crippen LogP contribution in [0.5, 0.6) is 11.5 Å². The van der Waals surface area contributed by atoms with Crippen molar-refractivity contribution in [3.8, 4) is 22.8 Å². The molecular weight excluding hydrogens is 444 g/mol. The van der Waals surface area contributed by atoms with Crippen molar-refractivity contribution in [3.05, 3.63) is 41.7 Å². The molecule has 0 radical (unpaired) electrons. The van der Waals surface area contributed by atoms with Crippen molar-refractivity contribution in [2.45, 2.75) is 38.8 Å². The van der Waals surface area contributed by atoms with Crippen molar-refractivity contribution in [2.24, 2.45) is 0 Å². The summed E-state index contributed by atoms with van der Waals surface area (Å²) in [5, 5.41) is 10.2. The highest BCUT2D eigenvalue weighted by Crippen LogP contribution is 2.38. The molecule has 9 heteroatoms. The van der Waals surface area contributed by atoms with E-state index in [0.717, 1.165) is 35.6 Å². The molecule has 2 aromatic heterocycles. The number of carbonyl (C=O) groups is 1. The summed E-state index contributed by atoms with van der Waals surface area (Å²) < 4.78 is 12.8. The van der Waals surface area contributed by atoms with E-state index in [-0.39, 0.29) is 6.04 Å². The van der Waals surface area contributed by atoms with Crippen LogP contribution >= 0.6 is 11.6 Å². The average molecular weight is 473 g/mol. The molecule has 176 valence electrons. The highest BCUT2D eigenvalue weighted by atomic mass is 35.5. The lowest BCUT2D eigenvalue weighted by Crippen LogP contribution is -2.52. The molecule has 33 heavy (non-hydrogen) atoms. The first kappa shape index (κ1) is 23.0. The highest BCUT2D eigenvalue weighted by Gasteiger charge is 2.37. The summed E-state index contributed by atoms with van der Waals surface area (Å²) in [6, 6.07) is 7.54. The number of hydrogen-bond acceptors (Lipinski definition) is 5. The predicted molar refractivity (Wildman–Crippen MR) is 129 cm³/mol. The number of ether oxygens (including phenoxy) is 2. The zero-order valence-corrected chi connectivity index (χ0v) is 20.3. The summed E-state index contributed by atoms with van der Waals surface area (Å²) in [5.41, 5.74) is 2.86. The van der Waals surface area contributed by atoms with E-state index in [4.69, 9.17) is 26.1 Å². The van der Waals surface area contributed by atoms with Gasteiger partial charge in [0.05, 0.1) is 31.0 Å². The van der Waals surface area contributed by atoms with Gasteiger partial charge < -0.3 is 23.9 Å². The van der Waals surface area contributed by atoms with Crippen molar-refractivity contribution >= 4 is 29.0 Å². The topological polar surface area (TPSA) is 79.5 Å². The van der Waals surface area contributed by atoms with E-state index >= 15 is 0 Å². The normalized spacial score (nSPS) is 16.3. The number of benzene rings is 1. The second-order valence-corrected chi connectivity index (χ2v) is 9.58. The number of imidazole rings is 1. The Bertz CT molecular complexity index is 1190. The molecule has 1 atom stereocenters. The fourth-order valence-electron chi connectivity index (χ4n) is 4.54. The minimum atomic E-state index is -0.880. The Morgan fingerprint density at radius 2 is 1.94 bits per heavy atom. The van der Waals surface area contributed by atoms with E-state index in [9.17, 15) is 9.90 Å². The molecule has 4 rings (SSSR count). The second-order valence-electron chi connectivity index (χ2n) is 9.18. The Balaban J connectivity index is 1.62. The first-order valence-electron chi connectivity index (χ1n) is 10.8. The van der Waals surface area contributed by atoms with Crippen molar-refractivity contribution < 1.29 is 19.4 Å². The fourth-order valence-corrected chi connectivity index (χ4v) is 4.78. The van der Waals surface area contributed by atoms with Gasteiger partial charge in [-0.2, -0.15) is 0 Å². The monoisotopic (exact) mass is 472 g/mol. The number of pyridine rings is 1. The van der Waals surface area contributed by atoms with Crippen molar-refractivity contribution in [3.63, 3.8) is 0 Å². The van der Waals surface area contributed by atoms with Crippen LogP contribution in [0.15, 0.2) is 36.7 Å². The Morgan fingerprint density at radius 1 is 1.21 bits per heavy atom. The lowest BCUT2D eigenvalue weighted by molar-refractivity contribution is 0.0763. The van der Waals surface area contributed by atoms with E-state index in [1.807, 2.05) is 49.7 Å². The summed E-state index contributed by atoms with van der Waals surface area (Å²) >= 11 is 6.34. The van der Waals surface area contributed by atoms with Gasteiger partial charge in [0.25, 0.3) is 0 Å². The third-order valence-corrected chi connectivity index (χ3v) is 6.31. The molecule has 0 aliphatic carbocycles. The number of aromatic nitrogens is 2. The first-order chi connectivity index (χ1) is 15.6. The van der Waals surface area contributed by atoms with Gasteiger partial charge in [0.1, 0.15) is 17.1 Å². The van der Waals surface area contributed by atoms with Crippen LogP contribution in [0.2, 0.25) is 5.02 Å². The molecule has 3 heterocycles. The molecule has 3 aromatic rings.